The molecule has 0 fully saturated rings. The Morgan fingerprint density at radius 3 is 2.20 bits per heavy atom. The summed E-state index contributed by atoms with van der Waals surface area (Å²) >= 11 is 0.740. The second-order valence-corrected chi connectivity index (χ2v) is 13.2. The SMILES string of the molecule is C[C@H](Nc1ccccc1O[P+](=O)[C@@H](F)c1ccc2sc(C(=O)Oc3c(F)c(F)c(F)c(F)c3F)cc2c1)C(=O)OCC(C)(C)C. The molecule has 0 radical (unpaired) electrons. The molecule has 0 bridgehead atoms. The number of carbonyl (C=O) groups excluding carboxylic acids is 2. The minimum Gasteiger partial charge on any atom is -0.464 e. The number of rotatable bonds is 10. The molecule has 238 valence electrons. The van der Waals surface area contributed by atoms with Gasteiger partial charge in [-0.05, 0) is 52.6 Å². The van der Waals surface area contributed by atoms with E-state index in [-0.39, 0.29) is 39.3 Å². The number of fused-ring (bicyclic) bond motifs is 1. The molecule has 0 saturated carbocycles. The van der Waals surface area contributed by atoms with E-state index in [1.165, 1.54) is 24.3 Å². The van der Waals surface area contributed by atoms with Gasteiger partial charge in [0.1, 0.15) is 10.9 Å². The van der Waals surface area contributed by atoms with Crippen LogP contribution in [-0.2, 0) is 14.1 Å². The van der Waals surface area contributed by atoms with Gasteiger partial charge in [-0.25, -0.2) is 27.3 Å². The number of para-hydroxylation sites is 2. The maximum atomic E-state index is 15.4. The van der Waals surface area contributed by atoms with Gasteiger partial charge in [-0.1, -0.05) is 39.0 Å². The third-order valence-corrected chi connectivity index (χ3v) is 8.16. The minimum atomic E-state index is -3.03. The molecule has 4 aromatic rings. The number of carbonyl (C=O) groups is 2. The Balaban J connectivity index is 1.47. The van der Waals surface area contributed by atoms with Gasteiger partial charge in [-0.2, -0.15) is 13.2 Å². The first-order chi connectivity index (χ1) is 21.1. The average molecular weight is 673 g/mol. The van der Waals surface area contributed by atoms with Crippen molar-refractivity contribution in [2.45, 2.75) is 39.6 Å². The highest BCUT2D eigenvalue weighted by Crippen LogP contribution is 2.46. The zero-order chi connectivity index (χ0) is 33.2. The topological polar surface area (TPSA) is 90.9 Å². The summed E-state index contributed by atoms with van der Waals surface area (Å²) < 4.78 is 112. The van der Waals surface area contributed by atoms with E-state index >= 15 is 4.39 Å². The second kappa shape index (κ2) is 13.5. The van der Waals surface area contributed by atoms with Crippen molar-refractivity contribution in [1.29, 1.82) is 0 Å². The molecule has 15 heteroatoms. The van der Waals surface area contributed by atoms with Crippen molar-refractivity contribution in [3.05, 3.63) is 88.1 Å². The van der Waals surface area contributed by atoms with E-state index in [9.17, 15) is 36.1 Å². The number of halogens is 6. The van der Waals surface area contributed by atoms with Crippen molar-refractivity contribution < 1.29 is 54.5 Å². The van der Waals surface area contributed by atoms with E-state index in [4.69, 9.17) is 9.26 Å². The quantitative estimate of drug-likeness (QED) is 0.0449. The summed E-state index contributed by atoms with van der Waals surface area (Å²) in [6.07, 6.45) is 0. The summed E-state index contributed by atoms with van der Waals surface area (Å²) in [7, 11) is -3.03. The Kier molecular flexibility index (Phi) is 10.1. The summed E-state index contributed by atoms with van der Waals surface area (Å²) in [5.41, 5.74) is -0.0874. The van der Waals surface area contributed by atoms with Crippen LogP contribution in [0.4, 0.5) is 32.0 Å². The normalized spacial score (nSPS) is 13.2. The zero-order valence-corrected chi connectivity index (χ0v) is 25.8. The van der Waals surface area contributed by atoms with Crippen molar-refractivity contribution in [1.82, 2.24) is 0 Å². The molecule has 4 rings (SSSR count). The number of esters is 2. The average Bonchev–Trinajstić information content (AvgIpc) is 3.44. The Labute approximate surface area is 258 Å². The van der Waals surface area contributed by atoms with E-state index in [1.807, 2.05) is 20.8 Å². The summed E-state index contributed by atoms with van der Waals surface area (Å²) in [5.74, 6) is -17.5. The zero-order valence-electron chi connectivity index (χ0n) is 24.1. The van der Waals surface area contributed by atoms with Crippen LogP contribution in [0.25, 0.3) is 10.1 Å². The van der Waals surface area contributed by atoms with Crippen LogP contribution in [0.3, 0.4) is 0 Å². The third-order valence-electron chi connectivity index (χ3n) is 6.01. The number of anilines is 1. The van der Waals surface area contributed by atoms with Gasteiger partial charge in [0.15, 0.2) is 0 Å². The van der Waals surface area contributed by atoms with Gasteiger partial charge in [0.25, 0.3) is 0 Å². The molecule has 3 atom stereocenters. The van der Waals surface area contributed by atoms with Gasteiger partial charge < -0.3 is 14.8 Å². The fourth-order valence-electron chi connectivity index (χ4n) is 3.76. The molecule has 1 aromatic heterocycles. The van der Waals surface area contributed by atoms with Crippen molar-refractivity contribution in [2.24, 2.45) is 5.41 Å². The maximum absolute atomic E-state index is 15.4. The first-order valence-corrected chi connectivity index (χ1v) is 15.2. The highest BCUT2D eigenvalue weighted by Gasteiger charge is 2.37. The van der Waals surface area contributed by atoms with Crippen LogP contribution < -0.4 is 14.6 Å². The van der Waals surface area contributed by atoms with Crippen molar-refractivity contribution in [3.8, 4) is 11.5 Å². The van der Waals surface area contributed by atoms with E-state index < -0.39 is 66.8 Å². The molecule has 0 aliphatic carbocycles. The number of ether oxygens (including phenoxy) is 2. The predicted octanol–water partition coefficient (Wildman–Crippen LogP) is 9.00. The van der Waals surface area contributed by atoms with E-state index in [1.54, 1.807) is 25.1 Å². The molecule has 7 nitrogen and oxygen atoms in total. The number of thiophene rings is 1. The van der Waals surface area contributed by atoms with Crippen molar-refractivity contribution in [3.63, 3.8) is 0 Å². The molecule has 45 heavy (non-hydrogen) atoms. The Morgan fingerprint density at radius 2 is 1.56 bits per heavy atom. The number of hydrogen-bond donors (Lipinski definition) is 1. The highest BCUT2D eigenvalue weighted by atomic mass is 32.1. The second-order valence-electron chi connectivity index (χ2n) is 10.9. The summed E-state index contributed by atoms with van der Waals surface area (Å²) in [6.45, 7) is 7.46. The minimum absolute atomic E-state index is 0.00602. The van der Waals surface area contributed by atoms with Crippen molar-refractivity contribution >= 4 is 47.1 Å². The maximum Gasteiger partial charge on any atom is 0.598 e. The lowest BCUT2D eigenvalue weighted by Crippen LogP contribution is -2.31. The van der Waals surface area contributed by atoms with Crippen LogP contribution in [0.5, 0.6) is 11.5 Å². The van der Waals surface area contributed by atoms with Crippen LogP contribution in [0, 0.1) is 34.5 Å². The van der Waals surface area contributed by atoms with E-state index in [0.717, 1.165) is 17.4 Å². The van der Waals surface area contributed by atoms with Crippen LogP contribution >= 0.6 is 19.4 Å². The van der Waals surface area contributed by atoms with Crippen LogP contribution in [-0.4, -0.2) is 24.6 Å². The molecular formula is C30H25F6NO6PS+. The van der Waals surface area contributed by atoms with Crippen LogP contribution in [0.1, 0.15) is 48.8 Å². The molecule has 1 N–H and O–H groups in total. The van der Waals surface area contributed by atoms with Crippen LogP contribution in [0.15, 0.2) is 48.5 Å². The molecule has 0 aliphatic rings. The summed E-state index contributed by atoms with van der Waals surface area (Å²) in [4.78, 5) is 24.6. The number of hydrogen-bond acceptors (Lipinski definition) is 8. The fraction of sp³-hybridized carbons (Fsp3) is 0.267. The summed E-state index contributed by atoms with van der Waals surface area (Å²) in [5, 5.41) is 3.14. The monoisotopic (exact) mass is 672 g/mol. The number of alkyl halides is 1. The molecule has 1 unspecified atom stereocenters. The summed E-state index contributed by atoms with van der Waals surface area (Å²) in [6, 6.07) is 10.4. The molecule has 3 aromatic carbocycles. The fourth-order valence-corrected chi connectivity index (χ4v) is 5.53. The highest BCUT2D eigenvalue weighted by molar-refractivity contribution is 7.39. The molecule has 0 amide bonds. The van der Waals surface area contributed by atoms with Gasteiger partial charge >= 0.3 is 25.9 Å². The first kappa shape index (κ1) is 33.7. The number of benzene rings is 3. The lowest BCUT2D eigenvalue weighted by molar-refractivity contribution is -0.146. The van der Waals surface area contributed by atoms with Crippen LogP contribution in [0.2, 0.25) is 0 Å². The van der Waals surface area contributed by atoms with E-state index in [0.29, 0.717) is 4.70 Å². The first-order valence-electron chi connectivity index (χ1n) is 13.1. The predicted molar refractivity (Wildman–Crippen MR) is 155 cm³/mol. The lowest BCUT2D eigenvalue weighted by Gasteiger charge is -2.20. The van der Waals surface area contributed by atoms with Crippen molar-refractivity contribution in [2.75, 3.05) is 11.9 Å². The molecule has 0 spiro atoms. The Bertz CT molecular complexity index is 1760. The van der Waals surface area contributed by atoms with Gasteiger partial charge in [0.2, 0.25) is 40.6 Å². The molecule has 1 heterocycles. The molecule has 0 saturated heterocycles. The smallest absolute Gasteiger partial charge is 0.464 e. The van der Waals surface area contributed by atoms with E-state index in [2.05, 4.69) is 10.1 Å². The Morgan fingerprint density at radius 1 is 0.933 bits per heavy atom. The van der Waals surface area contributed by atoms with Gasteiger partial charge in [-0.3, -0.25) is 0 Å². The lowest BCUT2D eigenvalue weighted by atomic mass is 9.99. The molecular weight excluding hydrogens is 647 g/mol. The number of nitrogens with one attached hydrogen (secondary N) is 1. The Hall–Kier alpha value is -4.16. The van der Waals surface area contributed by atoms with Gasteiger partial charge in [-0.15, -0.1) is 11.3 Å². The largest absolute Gasteiger partial charge is 0.598 e. The third kappa shape index (κ3) is 7.74. The van der Waals surface area contributed by atoms with Gasteiger partial charge in [0.05, 0.1) is 12.3 Å². The standard InChI is InChI=1S/C30H25F6NO6PS/c1-14(28(38)41-13-30(2,3)4)37-17-7-5-6-8-18(17)43-44(40)27(36)15-9-10-19-16(11-15)12-20(45-19)29(39)42-26-24(34)22(32)21(31)23(33)25(26)35/h5-12,14,27,37H,13H2,1-4H3/q+1/t14-,27+/m0/s1. The van der Waals surface area contributed by atoms with Gasteiger partial charge in [0, 0.05) is 10.3 Å². The molecule has 0 aliphatic heterocycles.